The second-order valence-corrected chi connectivity index (χ2v) is 6.85. The summed E-state index contributed by atoms with van der Waals surface area (Å²) in [7, 11) is 3.01. The molecule has 3 rings (SSSR count). The van der Waals surface area contributed by atoms with Gasteiger partial charge in [-0.15, -0.1) is 0 Å². The van der Waals surface area contributed by atoms with Gasteiger partial charge < -0.3 is 19.5 Å². The van der Waals surface area contributed by atoms with E-state index >= 15 is 0 Å². The number of methoxy groups -OCH3 is 2. The Hall–Kier alpha value is -3.14. The van der Waals surface area contributed by atoms with E-state index in [1.807, 2.05) is 6.07 Å². The minimum absolute atomic E-state index is 0.0776. The second-order valence-electron chi connectivity index (χ2n) is 6.01. The topological polar surface area (TPSA) is 80.6 Å². The summed E-state index contributed by atoms with van der Waals surface area (Å²) < 4.78 is 16.0. The van der Waals surface area contributed by atoms with Gasteiger partial charge in [0.2, 0.25) is 0 Å². The number of nitriles is 1. The number of rotatable bonds is 5. The molecule has 0 aromatic heterocycles. The summed E-state index contributed by atoms with van der Waals surface area (Å²) >= 11 is 12.2. The molecule has 0 saturated heterocycles. The lowest BCUT2D eigenvalue weighted by molar-refractivity contribution is -0.112. The molecule has 0 fully saturated rings. The quantitative estimate of drug-likeness (QED) is 0.540. The molecule has 2 aromatic carbocycles. The number of hydrogen-bond donors (Lipinski definition) is 1. The van der Waals surface area contributed by atoms with Crippen molar-refractivity contribution in [1.82, 2.24) is 0 Å². The minimum Gasteiger partial charge on any atom is -0.493 e. The summed E-state index contributed by atoms with van der Waals surface area (Å²) in [5.41, 5.74) is 1.70. The lowest BCUT2D eigenvalue weighted by atomic mass is 10.0. The summed E-state index contributed by atoms with van der Waals surface area (Å²) in [5, 5.41) is 13.0. The van der Waals surface area contributed by atoms with E-state index in [1.165, 1.54) is 20.3 Å². The average Bonchev–Trinajstić information content (AvgIpc) is 2.71. The highest BCUT2D eigenvalue weighted by atomic mass is 35.5. The van der Waals surface area contributed by atoms with E-state index in [2.05, 4.69) is 5.32 Å². The number of nitrogens with zero attached hydrogens (tertiary/aromatic N) is 1. The predicted molar refractivity (Wildman–Crippen MR) is 112 cm³/mol. The number of fused-ring (bicyclic) bond motifs is 1. The maximum absolute atomic E-state index is 12.5. The first-order valence-corrected chi connectivity index (χ1v) is 9.18. The van der Waals surface area contributed by atoms with Gasteiger partial charge in [0, 0.05) is 22.3 Å². The van der Waals surface area contributed by atoms with Gasteiger partial charge in [-0.25, -0.2) is 0 Å². The van der Waals surface area contributed by atoms with Gasteiger partial charge in [0.25, 0.3) is 5.91 Å². The maximum Gasteiger partial charge on any atom is 0.266 e. The molecule has 1 aliphatic heterocycles. The Morgan fingerprint density at radius 3 is 2.66 bits per heavy atom. The third-order valence-corrected chi connectivity index (χ3v) is 4.60. The van der Waals surface area contributed by atoms with E-state index in [9.17, 15) is 10.1 Å². The van der Waals surface area contributed by atoms with Gasteiger partial charge in [0.1, 0.15) is 24.0 Å². The number of hydrogen-bond acceptors (Lipinski definition) is 5. The molecule has 148 valence electrons. The van der Waals surface area contributed by atoms with Gasteiger partial charge in [0.05, 0.1) is 19.2 Å². The van der Waals surface area contributed by atoms with Crippen LogP contribution in [0.2, 0.25) is 10.0 Å². The average molecular weight is 431 g/mol. The number of halogens is 2. The lowest BCUT2D eigenvalue weighted by Gasteiger charge is -2.18. The third-order valence-electron chi connectivity index (χ3n) is 4.10. The number of anilines is 1. The molecule has 0 spiro atoms. The van der Waals surface area contributed by atoms with Crippen molar-refractivity contribution < 1.29 is 19.0 Å². The monoisotopic (exact) mass is 430 g/mol. The van der Waals surface area contributed by atoms with Gasteiger partial charge in [-0.1, -0.05) is 23.2 Å². The van der Waals surface area contributed by atoms with Crippen LogP contribution in [0.5, 0.6) is 17.2 Å². The molecule has 1 amide bonds. The highest BCUT2D eigenvalue weighted by molar-refractivity contribution is 6.36. The van der Waals surface area contributed by atoms with Crippen molar-refractivity contribution in [1.29, 1.82) is 5.26 Å². The smallest absolute Gasteiger partial charge is 0.266 e. The molecule has 0 saturated carbocycles. The molecule has 6 nitrogen and oxygen atoms in total. The van der Waals surface area contributed by atoms with Crippen molar-refractivity contribution in [2.75, 3.05) is 26.1 Å². The van der Waals surface area contributed by atoms with Crippen LogP contribution in [0, 0.1) is 11.3 Å². The Kier molecular flexibility index (Phi) is 6.32. The number of amides is 1. The van der Waals surface area contributed by atoms with Crippen LogP contribution in [-0.2, 0) is 4.79 Å². The fourth-order valence-electron chi connectivity index (χ4n) is 2.77. The molecule has 0 atom stereocenters. The Labute approximate surface area is 177 Å². The fourth-order valence-corrected chi connectivity index (χ4v) is 3.33. The summed E-state index contributed by atoms with van der Waals surface area (Å²) in [6.07, 6.45) is 3.24. The largest absolute Gasteiger partial charge is 0.493 e. The van der Waals surface area contributed by atoms with Crippen LogP contribution >= 0.6 is 23.2 Å². The van der Waals surface area contributed by atoms with E-state index in [0.717, 1.165) is 0 Å². The molecule has 0 unspecified atom stereocenters. The molecule has 1 aliphatic rings. The van der Waals surface area contributed by atoms with Crippen molar-refractivity contribution >= 4 is 40.9 Å². The van der Waals surface area contributed by atoms with Gasteiger partial charge in [0.15, 0.2) is 11.5 Å². The molecular weight excluding hydrogens is 415 g/mol. The minimum atomic E-state index is -0.560. The molecule has 1 N–H and O–H groups in total. The first-order chi connectivity index (χ1) is 13.9. The summed E-state index contributed by atoms with van der Waals surface area (Å²) in [5.74, 6) is 0.945. The zero-order valence-electron chi connectivity index (χ0n) is 15.6. The molecule has 8 heteroatoms. The zero-order chi connectivity index (χ0) is 21.0. The standard InChI is InChI=1S/C21H16Cl2N2O4/c1-27-18-4-3-16(9-19(18)28-2)25-21(26)14(10-24)6-12-5-13-7-15(22)8-17(23)20(13)29-11-12/h3-9H,11H2,1-2H3,(H,25,26)/b14-6-. The number of carbonyl (C=O) groups excluding carboxylic acids is 1. The van der Waals surface area contributed by atoms with E-state index in [0.29, 0.717) is 44.1 Å². The van der Waals surface area contributed by atoms with Crippen molar-refractivity contribution in [3.8, 4) is 23.3 Å². The third kappa shape index (κ3) is 4.65. The van der Waals surface area contributed by atoms with Crippen molar-refractivity contribution in [3.05, 3.63) is 63.2 Å². The van der Waals surface area contributed by atoms with Crippen LogP contribution in [0.3, 0.4) is 0 Å². The molecule has 1 heterocycles. The lowest BCUT2D eigenvalue weighted by Crippen LogP contribution is -2.15. The second kappa shape index (κ2) is 8.91. The van der Waals surface area contributed by atoms with Crippen LogP contribution in [0.25, 0.3) is 6.08 Å². The van der Waals surface area contributed by atoms with E-state index in [1.54, 1.807) is 36.4 Å². The van der Waals surface area contributed by atoms with Gasteiger partial charge >= 0.3 is 0 Å². The summed E-state index contributed by atoms with van der Waals surface area (Å²) in [4.78, 5) is 12.5. The zero-order valence-corrected chi connectivity index (χ0v) is 17.1. The maximum atomic E-state index is 12.5. The molecule has 2 aromatic rings. The van der Waals surface area contributed by atoms with Gasteiger partial charge in [-0.3, -0.25) is 4.79 Å². The fraction of sp³-hybridized carbons (Fsp3) is 0.143. The highest BCUT2D eigenvalue weighted by Crippen LogP contribution is 2.36. The van der Waals surface area contributed by atoms with E-state index in [4.69, 9.17) is 37.4 Å². The van der Waals surface area contributed by atoms with Crippen LogP contribution in [0.1, 0.15) is 5.56 Å². The number of nitrogens with one attached hydrogen (secondary N) is 1. The predicted octanol–water partition coefficient (Wildman–Crippen LogP) is 4.88. The Morgan fingerprint density at radius 1 is 1.21 bits per heavy atom. The Morgan fingerprint density at radius 2 is 1.97 bits per heavy atom. The van der Waals surface area contributed by atoms with Crippen molar-refractivity contribution in [2.24, 2.45) is 0 Å². The Balaban J connectivity index is 1.84. The van der Waals surface area contributed by atoms with E-state index in [-0.39, 0.29) is 12.2 Å². The normalized spacial score (nSPS) is 12.8. The first kappa shape index (κ1) is 20.6. The van der Waals surface area contributed by atoms with Crippen LogP contribution in [0.15, 0.2) is 47.6 Å². The molecule has 29 heavy (non-hydrogen) atoms. The van der Waals surface area contributed by atoms with Gasteiger partial charge in [-0.05, 0) is 42.0 Å². The molecule has 0 radical (unpaired) electrons. The number of benzene rings is 2. The number of carbonyl (C=O) groups is 1. The van der Waals surface area contributed by atoms with Crippen molar-refractivity contribution in [3.63, 3.8) is 0 Å². The molecule has 0 bridgehead atoms. The summed E-state index contributed by atoms with van der Waals surface area (Å²) in [6, 6.07) is 10.1. The number of ether oxygens (including phenoxy) is 3. The summed E-state index contributed by atoms with van der Waals surface area (Å²) in [6.45, 7) is 0.170. The Bertz CT molecular complexity index is 1070. The van der Waals surface area contributed by atoms with Crippen LogP contribution in [-0.4, -0.2) is 26.7 Å². The molecular formula is C21H16Cl2N2O4. The molecule has 0 aliphatic carbocycles. The van der Waals surface area contributed by atoms with Crippen molar-refractivity contribution in [2.45, 2.75) is 0 Å². The SMILES string of the molecule is COc1ccc(NC(=O)/C(C#N)=C\C2=Cc3cc(Cl)cc(Cl)c3OC2)cc1OC. The first-order valence-electron chi connectivity index (χ1n) is 8.42. The van der Waals surface area contributed by atoms with Crippen LogP contribution in [0.4, 0.5) is 5.69 Å². The highest BCUT2D eigenvalue weighted by Gasteiger charge is 2.17. The van der Waals surface area contributed by atoms with Gasteiger partial charge in [-0.2, -0.15) is 5.26 Å². The van der Waals surface area contributed by atoms with E-state index < -0.39 is 5.91 Å². The van der Waals surface area contributed by atoms with Crippen LogP contribution < -0.4 is 19.5 Å².